The van der Waals surface area contributed by atoms with Crippen molar-refractivity contribution in [2.45, 2.75) is 3.79 Å². The van der Waals surface area contributed by atoms with E-state index in [-0.39, 0.29) is 0 Å². The van der Waals surface area contributed by atoms with Crippen LogP contribution in [0.5, 0.6) is 0 Å². The molecule has 0 aliphatic rings. The number of halogens is 3. The van der Waals surface area contributed by atoms with Crippen LogP contribution in [0.25, 0.3) is 17.0 Å². The zero-order valence-electron chi connectivity index (χ0n) is 7.58. The van der Waals surface area contributed by atoms with Crippen LogP contribution >= 0.6 is 34.8 Å². The van der Waals surface area contributed by atoms with Gasteiger partial charge in [0.1, 0.15) is 5.58 Å². The zero-order chi connectivity index (χ0) is 10.9. The summed E-state index contributed by atoms with van der Waals surface area (Å²) in [6, 6.07) is 7.69. The van der Waals surface area contributed by atoms with Gasteiger partial charge in [0, 0.05) is 10.9 Å². The third kappa shape index (κ3) is 2.69. The number of allylic oxidation sites excluding steroid dienone is 1. The molecule has 0 unspecified atom stereocenters. The van der Waals surface area contributed by atoms with Crippen molar-refractivity contribution >= 4 is 51.8 Å². The molecule has 0 aliphatic heterocycles. The highest BCUT2D eigenvalue weighted by molar-refractivity contribution is 6.69. The predicted octanol–water partition coefficient (Wildman–Crippen LogP) is 4.82. The van der Waals surface area contributed by atoms with Crippen LogP contribution in [0.2, 0.25) is 0 Å². The average molecular weight is 262 g/mol. The fourth-order valence-corrected chi connectivity index (χ4v) is 1.50. The van der Waals surface area contributed by atoms with Gasteiger partial charge in [0.05, 0.1) is 6.26 Å². The second kappa shape index (κ2) is 4.09. The average Bonchev–Trinajstić information content (AvgIpc) is 2.57. The van der Waals surface area contributed by atoms with Crippen LogP contribution < -0.4 is 0 Å². The van der Waals surface area contributed by atoms with Crippen molar-refractivity contribution in [2.75, 3.05) is 0 Å². The van der Waals surface area contributed by atoms with Gasteiger partial charge in [0.25, 0.3) is 0 Å². The molecule has 0 aliphatic carbocycles. The Morgan fingerprint density at radius 1 is 1.13 bits per heavy atom. The minimum Gasteiger partial charge on any atom is -0.464 e. The maximum atomic E-state index is 5.61. The third-order valence-corrected chi connectivity index (χ3v) is 2.34. The second-order valence-corrected chi connectivity index (χ2v) is 5.43. The lowest BCUT2D eigenvalue weighted by Gasteiger charge is -2.01. The van der Waals surface area contributed by atoms with Gasteiger partial charge in [-0.2, -0.15) is 0 Å². The molecule has 4 heteroatoms. The molecule has 1 nitrogen and oxygen atoms in total. The van der Waals surface area contributed by atoms with Gasteiger partial charge in [-0.1, -0.05) is 59.1 Å². The van der Waals surface area contributed by atoms with Crippen LogP contribution in [0.1, 0.15) is 5.56 Å². The molecule has 0 saturated carbocycles. The fourth-order valence-electron chi connectivity index (χ4n) is 1.31. The summed E-state index contributed by atoms with van der Waals surface area (Å²) in [5.41, 5.74) is 1.72. The summed E-state index contributed by atoms with van der Waals surface area (Å²) in [5.74, 6) is 0. The normalized spacial score (nSPS) is 12.7. The van der Waals surface area contributed by atoms with E-state index < -0.39 is 3.79 Å². The van der Waals surface area contributed by atoms with Crippen molar-refractivity contribution in [1.29, 1.82) is 0 Å². The van der Waals surface area contributed by atoms with Crippen molar-refractivity contribution in [3.05, 3.63) is 42.2 Å². The summed E-state index contributed by atoms with van der Waals surface area (Å²) < 4.78 is 3.96. The van der Waals surface area contributed by atoms with E-state index in [9.17, 15) is 0 Å². The Morgan fingerprint density at radius 2 is 1.87 bits per heavy atom. The van der Waals surface area contributed by atoms with Crippen molar-refractivity contribution in [2.24, 2.45) is 0 Å². The molecule has 0 atom stereocenters. The van der Waals surface area contributed by atoms with E-state index in [1.54, 1.807) is 12.3 Å². The Hall–Kier alpha value is -0.630. The molecule has 1 heterocycles. The Bertz CT molecular complexity index is 494. The number of fused-ring (bicyclic) bond motifs is 1. The Kier molecular flexibility index (Phi) is 2.96. The molecule has 2 aromatic rings. The van der Waals surface area contributed by atoms with Gasteiger partial charge in [-0.15, -0.1) is 0 Å². The van der Waals surface area contributed by atoms with Crippen LogP contribution in [0.15, 0.2) is 41.0 Å². The summed E-state index contributed by atoms with van der Waals surface area (Å²) >= 11 is 16.8. The van der Waals surface area contributed by atoms with Gasteiger partial charge in [-0.3, -0.25) is 0 Å². The summed E-state index contributed by atoms with van der Waals surface area (Å²) in [6.07, 6.45) is 4.87. The lowest BCUT2D eigenvalue weighted by molar-refractivity contribution is 0.615. The van der Waals surface area contributed by atoms with Crippen molar-refractivity contribution in [3.8, 4) is 0 Å². The standard InChI is InChI=1S/C11H7Cl3O/c12-11(13,14)6-5-8-7-15-10-4-2-1-3-9(8)10/h1-7H/b6-5+. The number of alkyl halides is 3. The van der Waals surface area contributed by atoms with E-state index in [0.29, 0.717) is 0 Å². The first-order valence-corrected chi connectivity index (χ1v) is 5.42. The predicted molar refractivity (Wildman–Crippen MR) is 65.5 cm³/mol. The third-order valence-electron chi connectivity index (χ3n) is 1.96. The number of hydrogen-bond donors (Lipinski definition) is 0. The molecule has 0 bridgehead atoms. The summed E-state index contributed by atoms with van der Waals surface area (Å²) in [5, 5.41) is 1.00. The van der Waals surface area contributed by atoms with Crippen molar-refractivity contribution in [1.82, 2.24) is 0 Å². The van der Waals surface area contributed by atoms with Gasteiger partial charge in [0.15, 0.2) is 0 Å². The first-order chi connectivity index (χ1) is 7.06. The minimum absolute atomic E-state index is 0.821. The minimum atomic E-state index is -1.38. The van der Waals surface area contributed by atoms with E-state index in [4.69, 9.17) is 39.2 Å². The highest BCUT2D eigenvalue weighted by atomic mass is 35.6. The lowest BCUT2D eigenvalue weighted by atomic mass is 10.2. The molecule has 0 radical (unpaired) electrons. The van der Waals surface area contributed by atoms with E-state index >= 15 is 0 Å². The summed E-state index contributed by atoms with van der Waals surface area (Å²) in [7, 11) is 0. The summed E-state index contributed by atoms with van der Waals surface area (Å²) in [6.45, 7) is 0. The van der Waals surface area contributed by atoms with Crippen molar-refractivity contribution < 1.29 is 4.42 Å². The monoisotopic (exact) mass is 260 g/mol. The zero-order valence-corrected chi connectivity index (χ0v) is 9.85. The highest BCUT2D eigenvalue weighted by Gasteiger charge is 2.14. The molecule has 0 fully saturated rings. The molecular formula is C11H7Cl3O. The van der Waals surface area contributed by atoms with E-state index in [0.717, 1.165) is 16.5 Å². The van der Waals surface area contributed by atoms with Crippen LogP contribution in [0.4, 0.5) is 0 Å². The molecule has 78 valence electrons. The first-order valence-electron chi connectivity index (χ1n) is 4.28. The Labute approximate surface area is 102 Å². The highest BCUT2D eigenvalue weighted by Crippen LogP contribution is 2.30. The van der Waals surface area contributed by atoms with E-state index in [1.165, 1.54) is 6.08 Å². The molecule has 0 saturated heterocycles. The largest absolute Gasteiger partial charge is 0.464 e. The fraction of sp³-hybridized carbons (Fsp3) is 0.0909. The van der Waals surface area contributed by atoms with E-state index in [2.05, 4.69) is 0 Å². The topological polar surface area (TPSA) is 13.1 Å². The summed E-state index contributed by atoms with van der Waals surface area (Å²) in [4.78, 5) is 0. The second-order valence-electron chi connectivity index (χ2n) is 3.06. The molecule has 0 N–H and O–H groups in total. The molecule has 1 aromatic carbocycles. The molecule has 2 rings (SSSR count). The van der Waals surface area contributed by atoms with E-state index in [1.807, 2.05) is 24.3 Å². The van der Waals surface area contributed by atoms with Crippen molar-refractivity contribution in [3.63, 3.8) is 0 Å². The quantitative estimate of drug-likeness (QED) is 0.671. The SMILES string of the molecule is ClC(Cl)(Cl)/C=C/c1coc2ccccc12. The van der Waals surface area contributed by atoms with Crippen LogP contribution in [0, 0.1) is 0 Å². The Morgan fingerprint density at radius 3 is 2.60 bits per heavy atom. The number of rotatable bonds is 1. The van der Waals surface area contributed by atoms with Gasteiger partial charge in [-0.05, 0) is 12.1 Å². The van der Waals surface area contributed by atoms with Gasteiger partial charge in [-0.25, -0.2) is 0 Å². The first kappa shape index (κ1) is 10.9. The smallest absolute Gasteiger partial charge is 0.209 e. The molecule has 0 spiro atoms. The van der Waals surface area contributed by atoms with Gasteiger partial charge in [0.2, 0.25) is 3.79 Å². The molecule has 0 amide bonds. The molecule has 1 aromatic heterocycles. The Balaban J connectivity index is 2.41. The van der Waals surface area contributed by atoms with Crippen LogP contribution in [-0.2, 0) is 0 Å². The number of hydrogen-bond acceptors (Lipinski definition) is 1. The van der Waals surface area contributed by atoms with Crippen LogP contribution in [-0.4, -0.2) is 3.79 Å². The molecular weight excluding hydrogens is 254 g/mol. The number of para-hydroxylation sites is 1. The van der Waals surface area contributed by atoms with Gasteiger partial charge < -0.3 is 4.42 Å². The maximum absolute atomic E-state index is 5.61. The van der Waals surface area contributed by atoms with Gasteiger partial charge >= 0.3 is 0 Å². The molecule has 15 heavy (non-hydrogen) atoms. The number of benzene rings is 1. The maximum Gasteiger partial charge on any atom is 0.209 e. The van der Waals surface area contributed by atoms with Crippen LogP contribution in [0.3, 0.4) is 0 Å². The number of furan rings is 1. The lowest BCUT2D eigenvalue weighted by Crippen LogP contribution is -1.93.